The molecule has 0 bridgehead atoms. The molecule has 1 N–H and O–H groups in total. The summed E-state index contributed by atoms with van der Waals surface area (Å²) in [6, 6.07) is 8.83. The maximum absolute atomic E-state index is 13.1. The van der Waals surface area contributed by atoms with Crippen molar-refractivity contribution in [3.8, 4) is 22.1 Å². The molecular weight excluding hydrogens is 587 g/mol. The smallest absolute Gasteiger partial charge is 0.416 e. The van der Waals surface area contributed by atoms with Crippen LogP contribution in [-0.2, 0) is 28.9 Å². The Hall–Kier alpha value is -2.80. The minimum absolute atomic E-state index is 0.219. The molecule has 1 saturated heterocycles. The first-order valence-electron chi connectivity index (χ1n) is 13.7. The molecule has 42 heavy (non-hydrogen) atoms. The zero-order valence-corrected chi connectivity index (χ0v) is 26.0. The summed E-state index contributed by atoms with van der Waals surface area (Å²) in [6.45, 7) is 12.0. The molecule has 1 aliphatic heterocycles. The van der Waals surface area contributed by atoms with Crippen LogP contribution in [0.3, 0.4) is 0 Å². The van der Waals surface area contributed by atoms with Crippen LogP contribution in [0.25, 0.3) is 10.6 Å². The monoisotopic (exact) mass is 623 g/mol. The van der Waals surface area contributed by atoms with E-state index in [1.165, 1.54) is 35.2 Å². The highest BCUT2D eigenvalue weighted by Crippen LogP contribution is 2.41. The first kappa shape index (κ1) is 32.1. The summed E-state index contributed by atoms with van der Waals surface area (Å²) in [5, 5.41) is 3.98. The van der Waals surface area contributed by atoms with Gasteiger partial charge in [0, 0.05) is 43.2 Å². The number of nitrogens with one attached hydrogen (secondary N) is 1. The minimum atomic E-state index is -4.40. The highest BCUT2D eigenvalue weighted by Gasteiger charge is 2.32. The van der Waals surface area contributed by atoms with Crippen molar-refractivity contribution < 1.29 is 32.2 Å². The summed E-state index contributed by atoms with van der Waals surface area (Å²) in [6.07, 6.45) is -4.40. The second-order valence-electron chi connectivity index (χ2n) is 10.4. The third-order valence-corrected chi connectivity index (χ3v) is 9.23. The third kappa shape index (κ3) is 7.97. The molecule has 3 aromatic rings. The number of piperazine rings is 1. The molecule has 0 saturated carbocycles. The van der Waals surface area contributed by atoms with Crippen LogP contribution < -0.4 is 14.8 Å². The fourth-order valence-corrected chi connectivity index (χ4v) is 6.48. The number of aromatic nitrogens is 1. The van der Waals surface area contributed by atoms with E-state index in [1.54, 1.807) is 14.0 Å². The molecule has 228 valence electrons. The van der Waals surface area contributed by atoms with E-state index in [0.717, 1.165) is 59.3 Å². The SMILES string of the molecule is CCOC(=O)C(C)(C)Sc1cc(OC)c(OCc2sc(-c3ccc(C(F)(F)F)cc3)nc2CN2CCNCC2)cc1C. The molecule has 12 heteroatoms. The van der Waals surface area contributed by atoms with Crippen molar-refractivity contribution in [2.24, 2.45) is 0 Å². The topological polar surface area (TPSA) is 72.9 Å². The maximum Gasteiger partial charge on any atom is 0.416 e. The van der Waals surface area contributed by atoms with Crippen molar-refractivity contribution in [3.63, 3.8) is 0 Å². The van der Waals surface area contributed by atoms with E-state index < -0.39 is 16.5 Å². The van der Waals surface area contributed by atoms with Gasteiger partial charge in [0.15, 0.2) is 11.5 Å². The van der Waals surface area contributed by atoms with Gasteiger partial charge in [0.1, 0.15) is 16.4 Å². The largest absolute Gasteiger partial charge is 0.493 e. The number of alkyl halides is 3. The van der Waals surface area contributed by atoms with E-state index >= 15 is 0 Å². The van der Waals surface area contributed by atoms with Crippen LogP contribution in [0.4, 0.5) is 13.2 Å². The van der Waals surface area contributed by atoms with E-state index in [-0.39, 0.29) is 12.6 Å². The Labute approximate surface area is 252 Å². The van der Waals surface area contributed by atoms with E-state index in [2.05, 4.69) is 10.2 Å². The first-order chi connectivity index (χ1) is 19.9. The number of ether oxygens (including phenoxy) is 3. The maximum atomic E-state index is 13.1. The van der Waals surface area contributed by atoms with Gasteiger partial charge in [-0.1, -0.05) is 12.1 Å². The number of hydrogen-bond acceptors (Lipinski definition) is 9. The van der Waals surface area contributed by atoms with Crippen LogP contribution in [-0.4, -0.2) is 60.5 Å². The zero-order valence-electron chi connectivity index (χ0n) is 24.4. The minimum Gasteiger partial charge on any atom is -0.493 e. The molecule has 0 spiro atoms. The second kappa shape index (κ2) is 13.7. The lowest BCUT2D eigenvalue weighted by Crippen LogP contribution is -2.43. The lowest BCUT2D eigenvalue weighted by Gasteiger charge is -2.26. The number of nitrogens with zero attached hydrogens (tertiary/aromatic N) is 2. The van der Waals surface area contributed by atoms with Crippen molar-refractivity contribution in [2.45, 2.75) is 56.7 Å². The summed E-state index contributed by atoms with van der Waals surface area (Å²) in [4.78, 5) is 21.3. The van der Waals surface area contributed by atoms with Gasteiger partial charge in [0.25, 0.3) is 0 Å². The second-order valence-corrected chi connectivity index (χ2v) is 13.1. The van der Waals surface area contributed by atoms with E-state index in [0.29, 0.717) is 35.2 Å². The normalized spacial score (nSPS) is 14.6. The fourth-order valence-electron chi connectivity index (χ4n) is 4.42. The van der Waals surface area contributed by atoms with Crippen molar-refractivity contribution in [1.82, 2.24) is 15.2 Å². The predicted molar refractivity (Wildman–Crippen MR) is 159 cm³/mol. The van der Waals surface area contributed by atoms with Crippen molar-refractivity contribution >= 4 is 29.1 Å². The van der Waals surface area contributed by atoms with Crippen molar-refractivity contribution in [2.75, 3.05) is 39.9 Å². The fraction of sp³-hybridized carbons (Fsp3) is 0.467. The van der Waals surface area contributed by atoms with Gasteiger partial charge in [-0.2, -0.15) is 13.2 Å². The Balaban J connectivity index is 1.58. The van der Waals surface area contributed by atoms with Crippen LogP contribution in [0, 0.1) is 6.92 Å². The Morgan fingerprint density at radius 2 is 1.81 bits per heavy atom. The van der Waals surface area contributed by atoms with Gasteiger partial charge in [-0.05, 0) is 57.5 Å². The van der Waals surface area contributed by atoms with E-state index in [1.807, 2.05) is 32.9 Å². The molecule has 1 aromatic heterocycles. The lowest BCUT2D eigenvalue weighted by atomic mass is 10.1. The van der Waals surface area contributed by atoms with Gasteiger partial charge >= 0.3 is 12.1 Å². The average molecular weight is 624 g/mol. The van der Waals surface area contributed by atoms with E-state index in [4.69, 9.17) is 19.2 Å². The molecule has 0 amide bonds. The predicted octanol–water partition coefficient (Wildman–Crippen LogP) is 6.56. The number of carbonyl (C=O) groups excluding carboxylic acids is 1. The van der Waals surface area contributed by atoms with Gasteiger partial charge in [-0.25, -0.2) is 4.98 Å². The quantitative estimate of drug-likeness (QED) is 0.190. The van der Waals surface area contributed by atoms with Crippen LogP contribution in [0.15, 0.2) is 41.3 Å². The van der Waals surface area contributed by atoms with Crippen molar-refractivity contribution in [1.29, 1.82) is 0 Å². The number of aryl methyl sites for hydroxylation is 1. The number of carbonyl (C=O) groups is 1. The molecule has 7 nitrogen and oxygen atoms in total. The summed E-state index contributed by atoms with van der Waals surface area (Å²) >= 11 is 2.81. The van der Waals surface area contributed by atoms with E-state index in [9.17, 15) is 18.0 Å². The molecule has 2 heterocycles. The molecule has 2 aromatic carbocycles. The van der Waals surface area contributed by atoms with Crippen LogP contribution in [0.2, 0.25) is 0 Å². The molecule has 0 atom stereocenters. The number of rotatable bonds is 11. The van der Waals surface area contributed by atoms with Crippen molar-refractivity contribution in [3.05, 3.63) is 58.1 Å². The summed E-state index contributed by atoms with van der Waals surface area (Å²) in [7, 11) is 1.56. The Kier molecular flexibility index (Phi) is 10.4. The summed E-state index contributed by atoms with van der Waals surface area (Å²) in [5.41, 5.74) is 1.70. The molecule has 4 rings (SSSR count). The number of hydrogen-bond donors (Lipinski definition) is 1. The van der Waals surface area contributed by atoms with Gasteiger partial charge in [0.2, 0.25) is 0 Å². The number of thioether (sulfide) groups is 1. The summed E-state index contributed by atoms with van der Waals surface area (Å²) < 4.78 is 55.7. The number of benzene rings is 2. The highest BCUT2D eigenvalue weighted by molar-refractivity contribution is 8.01. The first-order valence-corrected chi connectivity index (χ1v) is 15.3. The van der Waals surface area contributed by atoms with Gasteiger partial charge < -0.3 is 19.5 Å². The Morgan fingerprint density at radius 1 is 1.12 bits per heavy atom. The number of thiazole rings is 1. The van der Waals surface area contributed by atoms with Crippen LogP contribution in [0.1, 0.15) is 42.5 Å². The molecule has 0 unspecified atom stereocenters. The third-order valence-electron chi connectivity index (χ3n) is 6.77. The standard InChI is InChI=1S/C30H36F3N3O4S2/c1-6-39-28(37)29(3,4)42-25-16-23(38-5)24(15-19(25)2)40-18-26-22(17-36-13-11-34-12-14-36)35-27(41-26)20-7-9-21(10-8-20)30(31,32)33/h7-10,15-16,34H,6,11-14,17-18H2,1-5H3. The number of methoxy groups -OCH3 is 1. The Morgan fingerprint density at radius 3 is 2.43 bits per heavy atom. The lowest BCUT2D eigenvalue weighted by molar-refractivity contribution is -0.145. The van der Waals surface area contributed by atoms with Crippen LogP contribution >= 0.6 is 23.1 Å². The molecular formula is C30H36F3N3O4S2. The summed E-state index contributed by atoms with van der Waals surface area (Å²) in [5.74, 6) is 0.782. The Bertz CT molecular complexity index is 1370. The van der Waals surface area contributed by atoms with Gasteiger partial charge in [-0.3, -0.25) is 9.69 Å². The van der Waals surface area contributed by atoms with Crippen LogP contribution in [0.5, 0.6) is 11.5 Å². The molecule has 1 fully saturated rings. The number of halogens is 3. The van der Waals surface area contributed by atoms with Gasteiger partial charge in [-0.15, -0.1) is 23.1 Å². The van der Waals surface area contributed by atoms with Gasteiger partial charge in [0.05, 0.1) is 29.9 Å². The number of esters is 1. The molecule has 0 radical (unpaired) electrons. The average Bonchev–Trinajstić information content (AvgIpc) is 3.35. The zero-order chi connectivity index (χ0) is 30.5. The highest BCUT2D eigenvalue weighted by atomic mass is 32.2. The molecule has 0 aliphatic carbocycles. The molecule has 1 aliphatic rings.